The number of para-hydroxylation sites is 1. The molecule has 0 radical (unpaired) electrons. The van der Waals surface area contributed by atoms with Gasteiger partial charge in [-0.25, -0.2) is 0 Å². The van der Waals surface area contributed by atoms with Gasteiger partial charge in [0.05, 0.1) is 17.6 Å². The molecule has 6 nitrogen and oxygen atoms in total. The molecule has 0 atom stereocenters. The molecular formula is C17H17N3O3. The molecule has 1 aliphatic heterocycles. The Morgan fingerprint density at radius 1 is 1.35 bits per heavy atom. The Hall–Kier alpha value is -2.89. The van der Waals surface area contributed by atoms with Crippen molar-refractivity contribution in [2.24, 2.45) is 0 Å². The van der Waals surface area contributed by atoms with Crippen molar-refractivity contribution < 1.29 is 14.3 Å². The molecule has 0 bridgehead atoms. The fourth-order valence-electron chi connectivity index (χ4n) is 2.42. The molecule has 2 heterocycles. The van der Waals surface area contributed by atoms with Gasteiger partial charge in [0, 0.05) is 12.6 Å². The van der Waals surface area contributed by atoms with Crippen LogP contribution in [-0.2, 0) is 16.0 Å². The highest BCUT2D eigenvalue weighted by atomic mass is 16.5. The molecule has 6 heteroatoms. The predicted molar refractivity (Wildman–Crippen MR) is 86.5 cm³/mol. The second kappa shape index (κ2) is 6.48. The Morgan fingerprint density at radius 2 is 2.22 bits per heavy atom. The third kappa shape index (κ3) is 3.48. The molecule has 3 rings (SSSR count). The van der Waals surface area contributed by atoms with Crippen LogP contribution in [0.2, 0.25) is 0 Å². The summed E-state index contributed by atoms with van der Waals surface area (Å²) in [5.41, 5.74) is 3.27. The Kier molecular flexibility index (Phi) is 4.23. The molecule has 0 fully saturated rings. The Morgan fingerprint density at radius 3 is 3.04 bits per heavy atom. The highest BCUT2D eigenvalue weighted by Gasteiger charge is 2.19. The van der Waals surface area contributed by atoms with Crippen molar-refractivity contribution in [3.63, 3.8) is 0 Å². The first-order chi connectivity index (χ1) is 11.1. The summed E-state index contributed by atoms with van der Waals surface area (Å²) in [6.07, 6.45) is 4.41. The van der Waals surface area contributed by atoms with Gasteiger partial charge in [-0.15, -0.1) is 0 Å². The van der Waals surface area contributed by atoms with Crippen LogP contribution in [0.4, 0.5) is 11.4 Å². The number of aromatic nitrogens is 1. The monoisotopic (exact) mass is 311 g/mol. The first-order valence-electron chi connectivity index (χ1n) is 7.38. The van der Waals surface area contributed by atoms with Crippen molar-refractivity contribution in [3.8, 4) is 5.75 Å². The first kappa shape index (κ1) is 15.0. The molecular weight excluding hydrogens is 294 g/mol. The van der Waals surface area contributed by atoms with E-state index < -0.39 is 0 Å². The lowest BCUT2D eigenvalue weighted by Crippen LogP contribution is -2.23. The second-order valence-corrected chi connectivity index (χ2v) is 5.37. The van der Waals surface area contributed by atoms with E-state index in [4.69, 9.17) is 4.74 Å². The predicted octanol–water partition coefficient (Wildman–Crippen LogP) is 2.29. The topological polar surface area (TPSA) is 80.3 Å². The van der Waals surface area contributed by atoms with E-state index in [0.29, 0.717) is 30.0 Å². The van der Waals surface area contributed by atoms with Gasteiger partial charge in [-0.3, -0.25) is 14.6 Å². The lowest BCUT2D eigenvalue weighted by Gasteiger charge is -2.20. The Balaban J connectivity index is 1.66. The number of carbonyl (C=O) groups is 2. The molecule has 1 aromatic carbocycles. The zero-order valence-electron chi connectivity index (χ0n) is 12.8. The smallest absolute Gasteiger partial charge is 0.262 e. The molecule has 1 aliphatic rings. The third-order valence-electron chi connectivity index (χ3n) is 3.67. The van der Waals surface area contributed by atoms with Crippen LogP contribution >= 0.6 is 0 Å². The van der Waals surface area contributed by atoms with Crippen molar-refractivity contribution in [1.29, 1.82) is 0 Å². The SMILES string of the molecule is Cc1ccncc1NC(=O)COc1cccc2c1NC(=O)CC2. The highest BCUT2D eigenvalue weighted by molar-refractivity contribution is 5.96. The van der Waals surface area contributed by atoms with Crippen molar-refractivity contribution in [3.05, 3.63) is 47.8 Å². The number of pyridine rings is 1. The number of aryl methyl sites for hydroxylation is 2. The molecule has 1 aromatic heterocycles. The summed E-state index contributed by atoms with van der Waals surface area (Å²) >= 11 is 0. The average Bonchev–Trinajstić information content (AvgIpc) is 2.55. The lowest BCUT2D eigenvalue weighted by molar-refractivity contribution is -0.118. The van der Waals surface area contributed by atoms with Gasteiger partial charge in [0.2, 0.25) is 5.91 Å². The Labute approximate surface area is 133 Å². The van der Waals surface area contributed by atoms with E-state index in [1.165, 1.54) is 0 Å². The summed E-state index contributed by atoms with van der Waals surface area (Å²) in [5, 5.41) is 5.56. The fraction of sp³-hybridized carbons (Fsp3) is 0.235. The van der Waals surface area contributed by atoms with Gasteiger partial charge >= 0.3 is 0 Å². The summed E-state index contributed by atoms with van der Waals surface area (Å²) in [7, 11) is 0. The summed E-state index contributed by atoms with van der Waals surface area (Å²) < 4.78 is 5.58. The van der Waals surface area contributed by atoms with Gasteiger partial charge in [-0.05, 0) is 36.6 Å². The number of anilines is 2. The van der Waals surface area contributed by atoms with E-state index in [0.717, 1.165) is 11.1 Å². The van der Waals surface area contributed by atoms with E-state index in [9.17, 15) is 9.59 Å². The molecule has 0 saturated carbocycles. The van der Waals surface area contributed by atoms with Gasteiger partial charge in [0.1, 0.15) is 5.75 Å². The number of carbonyl (C=O) groups excluding carboxylic acids is 2. The van der Waals surface area contributed by atoms with E-state index in [1.807, 2.05) is 25.1 Å². The molecule has 2 aromatic rings. The van der Waals surface area contributed by atoms with Gasteiger partial charge in [0.25, 0.3) is 5.91 Å². The van der Waals surface area contributed by atoms with Crippen molar-refractivity contribution in [1.82, 2.24) is 4.98 Å². The van der Waals surface area contributed by atoms with Crippen LogP contribution in [0, 0.1) is 6.92 Å². The minimum Gasteiger partial charge on any atom is -0.482 e. The summed E-state index contributed by atoms with van der Waals surface area (Å²) in [5.74, 6) is 0.193. The molecule has 0 spiro atoms. The molecule has 2 N–H and O–H groups in total. The van der Waals surface area contributed by atoms with E-state index in [2.05, 4.69) is 15.6 Å². The fourth-order valence-corrected chi connectivity index (χ4v) is 2.42. The molecule has 23 heavy (non-hydrogen) atoms. The summed E-state index contributed by atoms with van der Waals surface area (Å²) in [4.78, 5) is 27.5. The van der Waals surface area contributed by atoms with Crippen LogP contribution in [0.1, 0.15) is 17.5 Å². The summed E-state index contributed by atoms with van der Waals surface area (Å²) in [6.45, 7) is 1.75. The van der Waals surface area contributed by atoms with Crippen LogP contribution in [-0.4, -0.2) is 23.4 Å². The van der Waals surface area contributed by atoms with E-state index in [-0.39, 0.29) is 18.4 Å². The van der Waals surface area contributed by atoms with Gasteiger partial charge < -0.3 is 15.4 Å². The minimum absolute atomic E-state index is 0.0380. The number of nitrogens with zero attached hydrogens (tertiary/aromatic N) is 1. The van der Waals surface area contributed by atoms with Gasteiger partial charge in [-0.2, -0.15) is 0 Å². The van der Waals surface area contributed by atoms with Crippen LogP contribution in [0.15, 0.2) is 36.7 Å². The lowest BCUT2D eigenvalue weighted by atomic mass is 10.0. The summed E-state index contributed by atoms with van der Waals surface area (Å²) in [6, 6.07) is 7.36. The maximum Gasteiger partial charge on any atom is 0.262 e. The quantitative estimate of drug-likeness (QED) is 0.908. The molecule has 0 aliphatic carbocycles. The molecule has 0 unspecified atom stereocenters. The van der Waals surface area contributed by atoms with E-state index >= 15 is 0 Å². The molecule has 0 saturated heterocycles. The van der Waals surface area contributed by atoms with Crippen molar-refractivity contribution >= 4 is 23.2 Å². The number of ether oxygens (including phenoxy) is 1. The van der Waals surface area contributed by atoms with Crippen LogP contribution < -0.4 is 15.4 Å². The van der Waals surface area contributed by atoms with Crippen molar-refractivity contribution in [2.45, 2.75) is 19.8 Å². The largest absolute Gasteiger partial charge is 0.482 e. The average molecular weight is 311 g/mol. The normalized spacial score (nSPS) is 13.0. The third-order valence-corrected chi connectivity index (χ3v) is 3.67. The van der Waals surface area contributed by atoms with Crippen LogP contribution in [0.25, 0.3) is 0 Å². The molecule has 118 valence electrons. The highest BCUT2D eigenvalue weighted by Crippen LogP contribution is 2.32. The number of nitrogens with one attached hydrogen (secondary N) is 2. The zero-order chi connectivity index (χ0) is 16.2. The van der Waals surface area contributed by atoms with E-state index in [1.54, 1.807) is 18.5 Å². The second-order valence-electron chi connectivity index (χ2n) is 5.37. The standard InChI is InChI=1S/C17H17N3O3/c1-11-7-8-18-9-13(11)19-16(22)10-23-14-4-2-3-12-5-6-15(21)20-17(12)14/h2-4,7-9H,5-6,10H2,1H3,(H,19,22)(H,20,21). The Bertz CT molecular complexity index is 758. The number of fused-ring (bicyclic) bond motifs is 1. The minimum atomic E-state index is -0.277. The number of hydrogen-bond acceptors (Lipinski definition) is 4. The van der Waals surface area contributed by atoms with Gasteiger partial charge in [0.15, 0.2) is 6.61 Å². The number of rotatable bonds is 4. The zero-order valence-corrected chi connectivity index (χ0v) is 12.8. The van der Waals surface area contributed by atoms with Crippen LogP contribution in [0.3, 0.4) is 0 Å². The number of amides is 2. The number of benzene rings is 1. The molecule has 2 amide bonds. The van der Waals surface area contributed by atoms with Crippen LogP contribution in [0.5, 0.6) is 5.75 Å². The van der Waals surface area contributed by atoms with Gasteiger partial charge in [-0.1, -0.05) is 12.1 Å². The maximum atomic E-state index is 12.0. The number of hydrogen-bond donors (Lipinski definition) is 2. The van der Waals surface area contributed by atoms with Crippen molar-refractivity contribution in [2.75, 3.05) is 17.2 Å². The maximum absolute atomic E-state index is 12.0. The first-order valence-corrected chi connectivity index (χ1v) is 7.38.